The Morgan fingerprint density at radius 3 is 2.67 bits per heavy atom. The van der Waals surface area contributed by atoms with Crippen molar-refractivity contribution in [2.45, 2.75) is 25.7 Å². The van der Waals surface area contributed by atoms with E-state index in [2.05, 4.69) is 15.5 Å². The molecule has 154 valence electrons. The number of para-hydroxylation sites is 1. The largest absolute Gasteiger partial charge is 0.494 e. The van der Waals surface area contributed by atoms with Crippen molar-refractivity contribution in [1.82, 2.24) is 10.2 Å². The Bertz CT molecular complexity index is 1020. The summed E-state index contributed by atoms with van der Waals surface area (Å²) in [7, 11) is 0. The zero-order valence-corrected chi connectivity index (χ0v) is 16.6. The van der Waals surface area contributed by atoms with Crippen LogP contribution in [0.4, 0.5) is 11.7 Å². The molecular weight excluding hydrogens is 384 g/mol. The average Bonchev–Trinajstić information content (AvgIpc) is 3.39. The first kappa shape index (κ1) is 19.6. The van der Waals surface area contributed by atoms with Crippen molar-refractivity contribution in [2.24, 2.45) is 0 Å². The van der Waals surface area contributed by atoms with Gasteiger partial charge in [0.25, 0.3) is 5.91 Å². The van der Waals surface area contributed by atoms with Gasteiger partial charge in [0.1, 0.15) is 5.75 Å². The van der Waals surface area contributed by atoms with Gasteiger partial charge in [0, 0.05) is 24.2 Å². The van der Waals surface area contributed by atoms with Gasteiger partial charge in [-0.05, 0) is 42.8 Å². The molecule has 1 fully saturated rings. The number of hydrogen-bond acceptors (Lipinski definition) is 6. The zero-order chi connectivity index (χ0) is 20.9. The van der Waals surface area contributed by atoms with Crippen LogP contribution in [0.1, 0.15) is 41.9 Å². The van der Waals surface area contributed by atoms with Crippen molar-refractivity contribution in [1.29, 1.82) is 0 Å². The fraction of sp³-hybridized carbons (Fsp3) is 0.273. The van der Waals surface area contributed by atoms with Gasteiger partial charge in [-0.1, -0.05) is 30.2 Å². The summed E-state index contributed by atoms with van der Waals surface area (Å²) < 4.78 is 11.1. The molecule has 30 heavy (non-hydrogen) atoms. The molecule has 0 bridgehead atoms. The summed E-state index contributed by atoms with van der Waals surface area (Å²) in [5.74, 6) is 0.467. The summed E-state index contributed by atoms with van der Waals surface area (Å²) in [4.78, 5) is 26.5. The lowest BCUT2D eigenvalue weighted by Crippen LogP contribution is -2.24. The fourth-order valence-corrected chi connectivity index (χ4v) is 3.27. The van der Waals surface area contributed by atoms with Gasteiger partial charge in [-0.2, -0.15) is 0 Å². The summed E-state index contributed by atoms with van der Waals surface area (Å²) in [6, 6.07) is 16.3. The van der Waals surface area contributed by atoms with Crippen LogP contribution in [0.3, 0.4) is 0 Å². The van der Waals surface area contributed by atoms with E-state index in [1.54, 1.807) is 29.2 Å². The van der Waals surface area contributed by atoms with Gasteiger partial charge in [0.2, 0.25) is 11.8 Å². The maximum absolute atomic E-state index is 12.4. The Labute approximate surface area is 173 Å². The van der Waals surface area contributed by atoms with Gasteiger partial charge in [-0.25, -0.2) is 0 Å². The maximum Gasteiger partial charge on any atom is 0.322 e. The number of nitrogens with one attached hydrogen (secondary N) is 1. The van der Waals surface area contributed by atoms with Gasteiger partial charge in [-0.3, -0.25) is 14.9 Å². The van der Waals surface area contributed by atoms with E-state index in [-0.39, 0.29) is 30.2 Å². The number of carbonyl (C=O) groups is 2. The number of carbonyl (C=O) groups excluding carboxylic acids is 2. The monoisotopic (exact) mass is 406 g/mol. The molecule has 8 nitrogen and oxygen atoms in total. The standard InChI is InChI=1S/C22H22N4O4/c1-2-12-29-18-10-8-15(9-11-18)20(28)23-22-25-24-21(30-22)16-13-19(27)26(14-16)17-6-4-3-5-7-17/h3-11,16H,2,12-14H2,1H3,(H,23,25,28). The van der Waals surface area contributed by atoms with E-state index >= 15 is 0 Å². The third-order valence-electron chi connectivity index (χ3n) is 4.79. The number of benzene rings is 2. The van der Waals surface area contributed by atoms with E-state index in [1.807, 2.05) is 37.3 Å². The molecule has 2 heterocycles. The summed E-state index contributed by atoms with van der Waals surface area (Å²) >= 11 is 0. The minimum atomic E-state index is -0.361. The molecule has 1 aromatic heterocycles. The SMILES string of the molecule is CCCOc1ccc(C(=O)Nc2nnc(C3CC(=O)N(c4ccccc4)C3)o2)cc1. The second-order valence-corrected chi connectivity index (χ2v) is 7.01. The first-order valence-corrected chi connectivity index (χ1v) is 9.87. The summed E-state index contributed by atoms with van der Waals surface area (Å²) in [6.07, 6.45) is 1.20. The Balaban J connectivity index is 1.38. The van der Waals surface area contributed by atoms with E-state index in [9.17, 15) is 9.59 Å². The Hall–Kier alpha value is -3.68. The number of anilines is 2. The van der Waals surface area contributed by atoms with Gasteiger partial charge >= 0.3 is 6.01 Å². The lowest BCUT2D eigenvalue weighted by molar-refractivity contribution is -0.117. The summed E-state index contributed by atoms with van der Waals surface area (Å²) in [5.41, 5.74) is 1.29. The van der Waals surface area contributed by atoms with Crippen molar-refractivity contribution >= 4 is 23.5 Å². The molecule has 1 atom stereocenters. The first-order chi connectivity index (χ1) is 14.6. The van der Waals surface area contributed by atoms with Crippen molar-refractivity contribution in [3.8, 4) is 5.75 Å². The molecule has 3 aromatic rings. The second kappa shape index (κ2) is 8.77. The maximum atomic E-state index is 12.4. The van der Waals surface area contributed by atoms with Crippen LogP contribution in [-0.4, -0.2) is 35.2 Å². The number of aromatic nitrogens is 2. The highest BCUT2D eigenvalue weighted by atomic mass is 16.5. The van der Waals surface area contributed by atoms with E-state index in [1.165, 1.54) is 0 Å². The number of rotatable bonds is 7. The number of nitrogens with zero attached hydrogens (tertiary/aromatic N) is 3. The second-order valence-electron chi connectivity index (χ2n) is 7.01. The fourth-order valence-electron chi connectivity index (χ4n) is 3.27. The van der Waals surface area contributed by atoms with E-state index in [0.29, 0.717) is 30.4 Å². The molecule has 8 heteroatoms. The first-order valence-electron chi connectivity index (χ1n) is 9.87. The molecule has 1 aliphatic rings. The minimum Gasteiger partial charge on any atom is -0.494 e. The molecule has 2 aromatic carbocycles. The normalized spacial score (nSPS) is 16.0. The van der Waals surface area contributed by atoms with Crippen LogP contribution in [0, 0.1) is 0 Å². The molecular formula is C22H22N4O4. The molecule has 4 rings (SSSR count). The van der Waals surface area contributed by atoms with Crippen LogP contribution in [0.15, 0.2) is 59.0 Å². The predicted octanol–water partition coefficient (Wildman–Crippen LogP) is 3.63. The lowest BCUT2D eigenvalue weighted by Gasteiger charge is -2.15. The average molecular weight is 406 g/mol. The predicted molar refractivity (Wildman–Crippen MR) is 111 cm³/mol. The van der Waals surface area contributed by atoms with Crippen molar-refractivity contribution < 1.29 is 18.7 Å². The smallest absolute Gasteiger partial charge is 0.322 e. The Kier molecular flexibility index (Phi) is 5.74. The van der Waals surface area contributed by atoms with Gasteiger partial charge in [-0.15, -0.1) is 5.10 Å². The molecule has 2 amide bonds. The highest BCUT2D eigenvalue weighted by molar-refractivity contribution is 6.03. The van der Waals surface area contributed by atoms with Crippen molar-refractivity contribution in [2.75, 3.05) is 23.4 Å². The Morgan fingerprint density at radius 2 is 1.93 bits per heavy atom. The quantitative estimate of drug-likeness (QED) is 0.643. The van der Waals surface area contributed by atoms with Crippen LogP contribution in [-0.2, 0) is 4.79 Å². The molecule has 0 saturated carbocycles. The van der Waals surface area contributed by atoms with E-state index < -0.39 is 0 Å². The number of amides is 2. The van der Waals surface area contributed by atoms with Crippen LogP contribution in [0.5, 0.6) is 5.75 Å². The van der Waals surface area contributed by atoms with Crippen LogP contribution in [0.2, 0.25) is 0 Å². The summed E-state index contributed by atoms with van der Waals surface area (Å²) in [6.45, 7) is 3.11. The molecule has 0 radical (unpaired) electrons. The zero-order valence-electron chi connectivity index (χ0n) is 16.6. The topological polar surface area (TPSA) is 97.6 Å². The lowest BCUT2D eigenvalue weighted by atomic mass is 10.1. The van der Waals surface area contributed by atoms with Crippen LogP contribution >= 0.6 is 0 Å². The van der Waals surface area contributed by atoms with E-state index in [0.717, 1.165) is 12.1 Å². The van der Waals surface area contributed by atoms with Gasteiger partial charge in [0.05, 0.1) is 12.5 Å². The molecule has 1 unspecified atom stereocenters. The molecule has 0 spiro atoms. The number of ether oxygens (including phenoxy) is 1. The molecule has 1 aliphatic heterocycles. The van der Waals surface area contributed by atoms with E-state index in [4.69, 9.17) is 9.15 Å². The highest BCUT2D eigenvalue weighted by Gasteiger charge is 2.35. The summed E-state index contributed by atoms with van der Waals surface area (Å²) in [5, 5.41) is 10.5. The third-order valence-corrected chi connectivity index (χ3v) is 4.79. The van der Waals surface area contributed by atoms with Crippen LogP contribution < -0.4 is 15.0 Å². The highest BCUT2D eigenvalue weighted by Crippen LogP contribution is 2.31. The van der Waals surface area contributed by atoms with Crippen molar-refractivity contribution in [3.63, 3.8) is 0 Å². The number of hydrogen-bond donors (Lipinski definition) is 1. The molecule has 1 saturated heterocycles. The van der Waals surface area contributed by atoms with Crippen molar-refractivity contribution in [3.05, 3.63) is 66.1 Å². The third kappa shape index (κ3) is 4.32. The Morgan fingerprint density at radius 1 is 1.17 bits per heavy atom. The minimum absolute atomic E-state index is 0.000340. The van der Waals surface area contributed by atoms with Crippen LogP contribution in [0.25, 0.3) is 0 Å². The molecule has 1 N–H and O–H groups in total. The van der Waals surface area contributed by atoms with Gasteiger partial charge < -0.3 is 14.1 Å². The van der Waals surface area contributed by atoms with Gasteiger partial charge in [0.15, 0.2) is 0 Å². The molecule has 0 aliphatic carbocycles.